The van der Waals surface area contributed by atoms with E-state index in [-0.39, 0.29) is 5.69 Å². The SMILES string of the molecule is C[C@@H](NCc1cccc(C(=O)O)n1)C1CCCCCC1. The summed E-state index contributed by atoms with van der Waals surface area (Å²) in [5.41, 5.74) is 0.914. The highest BCUT2D eigenvalue weighted by Gasteiger charge is 2.18. The quantitative estimate of drug-likeness (QED) is 0.811. The van der Waals surface area contributed by atoms with E-state index in [2.05, 4.69) is 17.2 Å². The normalized spacial score (nSPS) is 18.4. The van der Waals surface area contributed by atoms with Crippen LogP contribution < -0.4 is 5.32 Å². The third-order valence-corrected chi connectivity index (χ3v) is 4.24. The molecular formula is C16H24N2O2. The number of nitrogens with one attached hydrogen (secondary N) is 1. The molecule has 4 heteroatoms. The third-order valence-electron chi connectivity index (χ3n) is 4.24. The molecule has 0 aliphatic heterocycles. The van der Waals surface area contributed by atoms with Crippen molar-refractivity contribution in [2.75, 3.05) is 0 Å². The van der Waals surface area contributed by atoms with Crippen LogP contribution in [-0.4, -0.2) is 22.1 Å². The predicted molar refractivity (Wildman–Crippen MR) is 78.7 cm³/mol. The topological polar surface area (TPSA) is 62.2 Å². The van der Waals surface area contributed by atoms with Gasteiger partial charge in [-0.1, -0.05) is 31.7 Å². The lowest BCUT2D eigenvalue weighted by Crippen LogP contribution is -2.33. The van der Waals surface area contributed by atoms with Crippen LogP contribution in [0.4, 0.5) is 0 Å². The van der Waals surface area contributed by atoms with Crippen LogP contribution in [0.1, 0.15) is 61.6 Å². The highest BCUT2D eigenvalue weighted by molar-refractivity contribution is 5.85. The van der Waals surface area contributed by atoms with Crippen LogP contribution in [0.3, 0.4) is 0 Å². The van der Waals surface area contributed by atoms with Gasteiger partial charge in [-0.25, -0.2) is 9.78 Å². The molecule has 4 nitrogen and oxygen atoms in total. The molecule has 0 unspecified atom stereocenters. The van der Waals surface area contributed by atoms with Crippen molar-refractivity contribution in [2.45, 2.75) is 58.0 Å². The Kier molecular flexibility index (Phi) is 5.53. The molecule has 0 radical (unpaired) electrons. The van der Waals surface area contributed by atoms with Gasteiger partial charge in [0, 0.05) is 12.6 Å². The first-order valence-electron chi connectivity index (χ1n) is 7.59. The highest BCUT2D eigenvalue weighted by Crippen LogP contribution is 2.25. The van der Waals surface area contributed by atoms with Gasteiger partial charge >= 0.3 is 5.97 Å². The Balaban J connectivity index is 1.87. The van der Waals surface area contributed by atoms with Gasteiger partial charge in [-0.3, -0.25) is 0 Å². The molecule has 2 rings (SSSR count). The minimum atomic E-state index is -0.969. The smallest absolute Gasteiger partial charge is 0.354 e. The number of nitrogens with zero attached hydrogens (tertiary/aromatic N) is 1. The summed E-state index contributed by atoms with van der Waals surface area (Å²) in [6, 6.07) is 5.62. The van der Waals surface area contributed by atoms with Crippen molar-refractivity contribution in [1.82, 2.24) is 10.3 Å². The first kappa shape index (κ1) is 15.0. The van der Waals surface area contributed by atoms with Crippen LogP contribution in [0.25, 0.3) is 0 Å². The van der Waals surface area contributed by atoms with Gasteiger partial charge < -0.3 is 10.4 Å². The van der Waals surface area contributed by atoms with Crippen molar-refractivity contribution in [3.05, 3.63) is 29.6 Å². The summed E-state index contributed by atoms with van der Waals surface area (Å²) in [4.78, 5) is 15.0. The molecule has 1 heterocycles. The van der Waals surface area contributed by atoms with E-state index in [4.69, 9.17) is 5.11 Å². The van der Waals surface area contributed by atoms with Crippen molar-refractivity contribution >= 4 is 5.97 Å². The molecular weight excluding hydrogens is 252 g/mol. The summed E-state index contributed by atoms with van der Waals surface area (Å²) in [6.45, 7) is 2.87. The minimum absolute atomic E-state index is 0.117. The molecule has 0 aromatic carbocycles. The van der Waals surface area contributed by atoms with Gasteiger partial charge in [-0.15, -0.1) is 0 Å². The maximum absolute atomic E-state index is 10.9. The Labute approximate surface area is 120 Å². The van der Waals surface area contributed by atoms with E-state index in [0.29, 0.717) is 12.6 Å². The molecule has 0 saturated heterocycles. The molecule has 1 aromatic heterocycles. The van der Waals surface area contributed by atoms with Crippen molar-refractivity contribution in [1.29, 1.82) is 0 Å². The third kappa shape index (κ3) is 4.30. The van der Waals surface area contributed by atoms with Gasteiger partial charge in [0.25, 0.3) is 0 Å². The number of hydrogen-bond acceptors (Lipinski definition) is 3. The standard InChI is InChI=1S/C16H24N2O2/c1-12(13-7-4-2-3-5-8-13)17-11-14-9-6-10-15(18-14)16(19)20/h6,9-10,12-13,17H,2-5,7-8,11H2,1H3,(H,19,20)/t12-/m1/s1. The Morgan fingerprint density at radius 3 is 2.70 bits per heavy atom. The second-order valence-electron chi connectivity index (χ2n) is 5.74. The molecule has 0 amide bonds. The molecule has 1 saturated carbocycles. The van der Waals surface area contributed by atoms with E-state index in [1.165, 1.54) is 44.6 Å². The summed E-state index contributed by atoms with van der Waals surface area (Å²) < 4.78 is 0. The van der Waals surface area contributed by atoms with Gasteiger partial charge in [0.2, 0.25) is 0 Å². The molecule has 1 aliphatic carbocycles. The highest BCUT2D eigenvalue weighted by atomic mass is 16.4. The van der Waals surface area contributed by atoms with Crippen LogP contribution in [-0.2, 0) is 6.54 Å². The molecule has 1 aliphatic rings. The number of aromatic carboxylic acids is 1. The number of carboxylic acid groups (broad SMARTS) is 1. The van der Waals surface area contributed by atoms with Crippen molar-refractivity contribution < 1.29 is 9.90 Å². The fraction of sp³-hybridized carbons (Fsp3) is 0.625. The Morgan fingerprint density at radius 2 is 2.05 bits per heavy atom. The van der Waals surface area contributed by atoms with E-state index in [0.717, 1.165) is 11.6 Å². The van der Waals surface area contributed by atoms with E-state index >= 15 is 0 Å². The van der Waals surface area contributed by atoms with E-state index < -0.39 is 5.97 Å². The maximum Gasteiger partial charge on any atom is 0.354 e. The lowest BCUT2D eigenvalue weighted by molar-refractivity contribution is 0.0690. The monoisotopic (exact) mass is 276 g/mol. The van der Waals surface area contributed by atoms with Crippen LogP contribution >= 0.6 is 0 Å². The molecule has 110 valence electrons. The van der Waals surface area contributed by atoms with Crippen molar-refractivity contribution in [3.8, 4) is 0 Å². The number of rotatable bonds is 5. The first-order valence-corrected chi connectivity index (χ1v) is 7.59. The summed E-state index contributed by atoms with van der Waals surface area (Å²) >= 11 is 0. The zero-order valence-corrected chi connectivity index (χ0v) is 12.1. The average molecular weight is 276 g/mol. The summed E-state index contributed by atoms with van der Waals surface area (Å²) in [6.07, 6.45) is 8.01. The predicted octanol–water partition coefficient (Wildman–Crippen LogP) is 3.23. The van der Waals surface area contributed by atoms with Gasteiger partial charge in [0.1, 0.15) is 5.69 Å². The number of hydrogen-bond donors (Lipinski definition) is 2. The van der Waals surface area contributed by atoms with Crippen LogP contribution in [0.5, 0.6) is 0 Å². The zero-order valence-electron chi connectivity index (χ0n) is 12.1. The van der Waals surface area contributed by atoms with Crippen LogP contribution in [0.15, 0.2) is 18.2 Å². The molecule has 2 N–H and O–H groups in total. The van der Waals surface area contributed by atoms with Crippen molar-refractivity contribution in [3.63, 3.8) is 0 Å². The molecule has 1 aromatic rings. The van der Waals surface area contributed by atoms with Crippen molar-refractivity contribution in [2.24, 2.45) is 5.92 Å². The number of pyridine rings is 1. The second kappa shape index (κ2) is 7.39. The lowest BCUT2D eigenvalue weighted by Gasteiger charge is -2.23. The van der Waals surface area contributed by atoms with Gasteiger partial charge in [0.05, 0.1) is 5.69 Å². The summed E-state index contributed by atoms with van der Waals surface area (Å²) in [7, 11) is 0. The first-order chi connectivity index (χ1) is 9.66. The second-order valence-corrected chi connectivity index (χ2v) is 5.74. The largest absolute Gasteiger partial charge is 0.477 e. The fourth-order valence-corrected chi connectivity index (χ4v) is 2.94. The maximum atomic E-state index is 10.9. The van der Waals surface area contributed by atoms with E-state index in [1.54, 1.807) is 6.07 Å². The Hall–Kier alpha value is -1.42. The Morgan fingerprint density at radius 1 is 1.35 bits per heavy atom. The van der Waals surface area contributed by atoms with E-state index in [1.807, 2.05) is 6.07 Å². The van der Waals surface area contributed by atoms with Gasteiger partial charge in [-0.2, -0.15) is 0 Å². The van der Waals surface area contributed by atoms with Crippen LogP contribution in [0, 0.1) is 5.92 Å². The number of carbonyl (C=O) groups is 1. The number of aromatic nitrogens is 1. The summed E-state index contributed by atoms with van der Waals surface area (Å²) in [5.74, 6) is -0.233. The van der Waals surface area contributed by atoms with E-state index in [9.17, 15) is 4.79 Å². The molecule has 1 fully saturated rings. The molecule has 0 spiro atoms. The lowest BCUT2D eigenvalue weighted by atomic mass is 9.93. The zero-order chi connectivity index (χ0) is 14.4. The Bertz CT molecular complexity index is 440. The number of carboxylic acids is 1. The molecule has 0 bridgehead atoms. The average Bonchev–Trinajstić information content (AvgIpc) is 2.74. The fourth-order valence-electron chi connectivity index (χ4n) is 2.94. The van der Waals surface area contributed by atoms with Gasteiger partial charge in [0.15, 0.2) is 0 Å². The molecule has 20 heavy (non-hydrogen) atoms. The van der Waals surface area contributed by atoms with Gasteiger partial charge in [-0.05, 0) is 37.8 Å². The van der Waals surface area contributed by atoms with Crippen LogP contribution in [0.2, 0.25) is 0 Å². The molecule has 1 atom stereocenters. The minimum Gasteiger partial charge on any atom is -0.477 e. The summed E-state index contributed by atoms with van der Waals surface area (Å²) in [5, 5.41) is 12.4.